The summed E-state index contributed by atoms with van der Waals surface area (Å²) in [6.07, 6.45) is 0. The average Bonchev–Trinajstić information content (AvgIpc) is 2.88. The largest absolute Gasteiger partial charge is 0.321 e. The Labute approximate surface area is 143 Å². The van der Waals surface area contributed by atoms with E-state index in [4.69, 9.17) is 11.6 Å². The van der Waals surface area contributed by atoms with Crippen molar-refractivity contribution in [2.24, 2.45) is 0 Å². The van der Waals surface area contributed by atoms with E-state index in [0.29, 0.717) is 17.1 Å². The standard InChI is InChI=1S/C17H14ClFN4O/c1-10-20-11(2)23(22-10)14-6-3-12(4-7-14)17(24)21-16-8-5-13(19)9-15(16)18/h3-9H,1-2H3,(H,21,24). The molecule has 0 saturated carbocycles. The molecule has 3 aromatic rings. The zero-order valence-corrected chi connectivity index (χ0v) is 13.8. The van der Waals surface area contributed by atoms with Crippen molar-refractivity contribution >= 4 is 23.2 Å². The van der Waals surface area contributed by atoms with Crippen molar-refractivity contribution in [3.63, 3.8) is 0 Å². The van der Waals surface area contributed by atoms with Gasteiger partial charge in [-0.15, -0.1) is 0 Å². The molecule has 0 spiro atoms. The molecule has 0 radical (unpaired) electrons. The predicted molar refractivity (Wildman–Crippen MR) is 90.2 cm³/mol. The normalized spacial score (nSPS) is 10.7. The Balaban J connectivity index is 1.80. The Hall–Kier alpha value is -2.73. The van der Waals surface area contributed by atoms with E-state index >= 15 is 0 Å². The van der Waals surface area contributed by atoms with Gasteiger partial charge in [0.2, 0.25) is 0 Å². The van der Waals surface area contributed by atoms with Gasteiger partial charge in [0.25, 0.3) is 5.91 Å². The number of carbonyl (C=O) groups excluding carboxylic acids is 1. The first-order valence-electron chi connectivity index (χ1n) is 7.21. The van der Waals surface area contributed by atoms with Crippen molar-refractivity contribution in [1.82, 2.24) is 14.8 Å². The molecule has 1 aromatic heterocycles. The van der Waals surface area contributed by atoms with Gasteiger partial charge in [0.05, 0.1) is 16.4 Å². The van der Waals surface area contributed by atoms with Gasteiger partial charge in [0, 0.05) is 5.56 Å². The minimum atomic E-state index is -0.458. The fraction of sp³-hybridized carbons (Fsp3) is 0.118. The lowest BCUT2D eigenvalue weighted by Gasteiger charge is -2.08. The summed E-state index contributed by atoms with van der Waals surface area (Å²) < 4.78 is 14.7. The molecule has 0 bridgehead atoms. The number of nitrogens with zero attached hydrogens (tertiary/aromatic N) is 3. The summed E-state index contributed by atoms with van der Waals surface area (Å²) >= 11 is 5.91. The number of benzene rings is 2. The van der Waals surface area contributed by atoms with Crippen molar-refractivity contribution in [3.8, 4) is 5.69 Å². The molecule has 7 heteroatoms. The van der Waals surface area contributed by atoms with Crippen molar-refractivity contribution in [3.05, 3.63) is 70.5 Å². The molecule has 0 aliphatic carbocycles. The lowest BCUT2D eigenvalue weighted by Crippen LogP contribution is -2.12. The zero-order chi connectivity index (χ0) is 17.3. The van der Waals surface area contributed by atoms with Crippen molar-refractivity contribution in [2.75, 3.05) is 5.32 Å². The van der Waals surface area contributed by atoms with Crippen LogP contribution in [-0.2, 0) is 0 Å². The topological polar surface area (TPSA) is 59.8 Å². The summed E-state index contributed by atoms with van der Waals surface area (Å²) in [4.78, 5) is 16.5. The van der Waals surface area contributed by atoms with E-state index < -0.39 is 5.82 Å². The van der Waals surface area contributed by atoms with Crippen molar-refractivity contribution < 1.29 is 9.18 Å². The third-order valence-corrected chi connectivity index (χ3v) is 3.74. The quantitative estimate of drug-likeness (QED) is 0.783. The van der Waals surface area contributed by atoms with Crippen LogP contribution in [0, 0.1) is 19.7 Å². The molecule has 24 heavy (non-hydrogen) atoms. The van der Waals surface area contributed by atoms with Crippen LogP contribution in [0.5, 0.6) is 0 Å². The Morgan fingerprint density at radius 1 is 1.17 bits per heavy atom. The van der Waals surface area contributed by atoms with E-state index in [9.17, 15) is 9.18 Å². The smallest absolute Gasteiger partial charge is 0.255 e. The molecule has 0 aliphatic rings. The second-order valence-electron chi connectivity index (χ2n) is 5.24. The van der Waals surface area contributed by atoms with Gasteiger partial charge in [0.1, 0.15) is 17.5 Å². The van der Waals surface area contributed by atoms with Gasteiger partial charge in [0.15, 0.2) is 0 Å². The maximum atomic E-state index is 13.0. The fourth-order valence-corrected chi connectivity index (χ4v) is 2.52. The SMILES string of the molecule is Cc1nc(C)n(-c2ccc(C(=O)Nc3ccc(F)cc3Cl)cc2)n1. The van der Waals surface area contributed by atoms with E-state index in [0.717, 1.165) is 17.6 Å². The zero-order valence-electron chi connectivity index (χ0n) is 13.0. The summed E-state index contributed by atoms with van der Waals surface area (Å²) in [6, 6.07) is 10.7. The number of carbonyl (C=O) groups is 1. The molecule has 0 fully saturated rings. The predicted octanol–water partition coefficient (Wildman–Crippen LogP) is 3.93. The highest BCUT2D eigenvalue weighted by atomic mass is 35.5. The second kappa shape index (κ2) is 6.41. The molecule has 1 heterocycles. The minimum Gasteiger partial charge on any atom is -0.321 e. The molecule has 0 atom stereocenters. The van der Waals surface area contributed by atoms with E-state index in [-0.39, 0.29) is 10.9 Å². The number of hydrogen-bond donors (Lipinski definition) is 1. The maximum Gasteiger partial charge on any atom is 0.255 e. The number of aryl methyl sites for hydroxylation is 2. The molecule has 1 amide bonds. The van der Waals surface area contributed by atoms with Gasteiger partial charge >= 0.3 is 0 Å². The Kier molecular flexibility index (Phi) is 4.31. The molecular weight excluding hydrogens is 331 g/mol. The third-order valence-electron chi connectivity index (χ3n) is 3.43. The average molecular weight is 345 g/mol. The third kappa shape index (κ3) is 3.28. The van der Waals surface area contributed by atoms with E-state index in [1.807, 2.05) is 13.8 Å². The van der Waals surface area contributed by atoms with Gasteiger partial charge in [-0.25, -0.2) is 14.1 Å². The van der Waals surface area contributed by atoms with Gasteiger partial charge in [-0.3, -0.25) is 4.79 Å². The van der Waals surface area contributed by atoms with Crippen LogP contribution in [0.3, 0.4) is 0 Å². The highest BCUT2D eigenvalue weighted by Gasteiger charge is 2.10. The minimum absolute atomic E-state index is 0.147. The first kappa shape index (κ1) is 16.1. The van der Waals surface area contributed by atoms with Gasteiger partial charge in [-0.1, -0.05) is 11.6 Å². The molecule has 0 saturated heterocycles. The van der Waals surface area contributed by atoms with Crippen LogP contribution in [0.4, 0.5) is 10.1 Å². The van der Waals surface area contributed by atoms with Crippen LogP contribution in [0.2, 0.25) is 5.02 Å². The first-order valence-corrected chi connectivity index (χ1v) is 7.59. The van der Waals surface area contributed by atoms with Crippen LogP contribution in [0.25, 0.3) is 5.69 Å². The number of hydrogen-bond acceptors (Lipinski definition) is 3. The Morgan fingerprint density at radius 2 is 1.88 bits per heavy atom. The fourth-order valence-electron chi connectivity index (χ4n) is 2.30. The molecule has 5 nitrogen and oxygen atoms in total. The van der Waals surface area contributed by atoms with Gasteiger partial charge < -0.3 is 5.32 Å². The van der Waals surface area contributed by atoms with Crippen LogP contribution in [0.15, 0.2) is 42.5 Å². The van der Waals surface area contributed by atoms with Gasteiger partial charge in [-0.05, 0) is 56.3 Å². The highest BCUT2D eigenvalue weighted by molar-refractivity contribution is 6.33. The van der Waals surface area contributed by atoms with Crippen molar-refractivity contribution in [1.29, 1.82) is 0 Å². The first-order chi connectivity index (χ1) is 11.4. The lowest BCUT2D eigenvalue weighted by molar-refractivity contribution is 0.102. The Morgan fingerprint density at radius 3 is 2.46 bits per heavy atom. The number of anilines is 1. The monoisotopic (exact) mass is 344 g/mol. The summed E-state index contributed by atoms with van der Waals surface area (Å²) in [6.45, 7) is 3.68. The number of amides is 1. The summed E-state index contributed by atoms with van der Waals surface area (Å²) in [7, 11) is 0. The molecule has 2 aromatic carbocycles. The molecule has 0 aliphatic heterocycles. The molecular formula is C17H14ClFN4O. The van der Waals surface area contributed by atoms with E-state index in [1.54, 1.807) is 28.9 Å². The summed E-state index contributed by atoms with van der Waals surface area (Å²) in [5.74, 6) is 0.658. The number of aromatic nitrogens is 3. The molecule has 1 N–H and O–H groups in total. The number of nitrogens with one attached hydrogen (secondary N) is 1. The van der Waals surface area contributed by atoms with E-state index in [1.165, 1.54) is 12.1 Å². The highest BCUT2D eigenvalue weighted by Crippen LogP contribution is 2.23. The molecule has 3 rings (SSSR count). The van der Waals surface area contributed by atoms with E-state index in [2.05, 4.69) is 15.4 Å². The van der Waals surface area contributed by atoms with Crippen LogP contribution in [0.1, 0.15) is 22.0 Å². The van der Waals surface area contributed by atoms with Crippen LogP contribution >= 0.6 is 11.6 Å². The van der Waals surface area contributed by atoms with Gasteiger partial charge in [-0.2, -0.15) is 5.10 Å². The Bertz CT molecular complexity index is 905. The summed E-state index contributed by atoms with van der Waals surface area (Å²) in [5, 5.41) is 7.10. The maximum absolute atomic E-state index is 13.0. The number of halogens is 2. The van der Waals surface area contributed by atoms with Crippen molar-refractivity contribution in [2.45, 2.75) is 13.8 Å². The van der Waals surface area contributed by atoms with Crippen LogP contribution in [-0.4, -0.2) is 20.7 Å². The van der Waals surface area contributed by atoms with Crippen LogP contribution < -0.4 is 5.32 Å². The second-order valence-corrected chi connectivity index (χ2v) is 5.65. The lowest BCUT2D eigenvalue weighted by atomic mass is 10.2. The molecule has 122 valence electrons. The summed E-state index contributed by atoms with van der Waals surface area (Å²) in [5.41, 5.74) is 1.62. The number of rotatable bonds is 3. The molecule has 0 unspecified atom stereocenters.